The van der Waals surface area contributed by atoms with Crippen LogP contribution in [0.15, 0.2) is 0 Å². The second-order valence-corrected chi connectivity index (χ2v) is 1.80. The molecular formula is C6H12CaO3. The van der Waals surface area contributed by atoms with Gasteiger partial charge in [0.05, 0.1) is 0 Å². The molecule has 0 unspecified atom stereocenters. The Labute approximate surface area is 90.7 Å². The second kappa shape index (κ2) is 9.69. The molecule has 0 saturated carbocycles. The van der Waals surface area contributed by atoms with E-state index in [0.717, 1.165) is 12.8 Å². The van der Waals surface area contributed by atoms with E-state index >= 15 is 0 Å². The van der Waals surface area contributed by atoms with Crippen LogP contribution in [0.3, 0.4) is 0 Å². The Kier molecular flexibility index (Phi) is 12.9. The van der Waals surface area contributed by atoms with Gasteiger partial charge in [0.2, 0.25) is 0 Å². The molecule has 4 heteroatoms. The number of aliphatic carboxylic acids is 1. The van der Waals surface area contributed by atoms with E-state index in [1.165, 1.54) is 0 Å². The quantitative estimate of drug-likeness (QED) is 0.485. The molecule has 1 N–H and O–H groups in total. The average molecular weight is 172 g/mol. The molecule has 0 aromatic rings. The van der Waals surface area contributed by atoms with Gasteiger partial charge < -0.3 is 9.84 Å². The maximum absolute atomic E-state index is 9.84. The minimum absolute atomic E-state index is 0. The van der Waals surface area contributed by atoms with Gasteiger partial charge in [0, 0.05) is 44.3 Å². The first-order valence-electron chi connectivity index (χ1n) is 3.07. The number of ether oxygens (including phenoxy) is 1. The number of hydrogen-bond acceptors (Lipinski definition) is 2. The van der Waals surface area contributed by atoms with Crippen molar-refractivity contribution in [1.29, 1.82) is 0 Å². The monoisotopic (exact) mass is 172 g/mol. The Hall–Kier alpha value is 0.690. The summed E-state index contributed by atoms with van der Waals surface area (Å²) in [6.45, 7) is 2.42. The van der Waals surface area contributed by atoms with Crippen LogP contribution in [0.1, 0.15) is 19.8 Å². The summed E-state index contributed by atoms with van der Waals surface area (Å²) in [5.41, 5.74) is 0. The van der Waals surface area contributed by atoms with Crippen molar-refractivity contribution in [2.45, 2.75) is 19.8 Å². The second-order valence-electron chi connectivity index (χ2n) is 1.80. The first-order valence-corrected chi connectivity index (χ1v) is 3.07. The minimum Gasteiger partial charge on any atom is -0.480 e. The van der Waals surface area contributed by atoms with Crippen LogP contribution < -0.4 is 0 Å². The van der Waals surface area contributed by atoms with Crippen LogP contribution in [-0.2, 0) is 9.53 Å². The fourth-order valence-electron chi connectivity index (χ4n) is 0.406. The van der Waals surface area contributed by atoms with Crippen molar-refractivity contribution in [1.82, 2.24) is 0 Å². The van der Waals surface area contributed by atoms with Gasteiger partial charge in [-0.2, -0.15) is 0 Å². The molecule has 0 bridgehead atoms. The third kappa shape index (κ3) is 11.5. The van der Waals surface area contributed by atoms with Crippen molar-refractivity contribution in [3.63, 3.8) is 0 Å². The third-order valence-corrected chi connectivity index (χ3v) is 0.868. The normalized spacial score (nSPS) is 8.50. The van der Waals surface area contributed by atoms with Crippen molar-refractivity contribution >= 4 is 43.7 Å². The zero-order chi connectivity index (χ0) is 7.11. The molecule has 0 fully saturated rings. The van der Waals surface area contributed by atoms with Gasteiger partial charge in [-0.1, -0.05) is 13.3 Å². The Morgan fingerprint density at radius 1 is 1.60 bits per heavy atom. The molecule has 0 rings (SSSR count). The van der Waals surface area contributed by atoms with Crippen molar-refractivity contribution in [2.24, 2.45) is 0 Å². The Bertz CT molecular complexity index is 85.1. The van der Waals surface area contributed by atoms with Gasteiger partial charge in [-0.05, 0) is 6.42 Å². The fraction of sp³-hybridized carbons (Fsp3) is 0.833. The molecule has 0 aliphatic carbocycles. The largest absolute Gasteiger partial charge is 0.480 e. The molecular weight excluding hydrogens is 160 g/mol. The number of carbonyl (C=O) groups is 1. The summed E-state index contributed by atoms with van der Waals surface area (Å²) in [5.74, 6) is -0.897. The van der Waals surface area contributed by atoms with E-state index in [-0.39, 0.29) is 44.3 Å². The van der Waals surface area contributed by atoms with E-state index in [2.05, 4.69) is 0 Å². The first-order chi connectivity index (χ1) is 4.27. The zero-order valence-corrected chi connectivity index (χ0v) is 8.51. The summed E-state index contributed by atoms with van der Waals surface area (Å²) in [7, 11) is 0. The van der Waals surface area contributed by atoms with E-state index in [9.17, 15) is 4.79 Å². The van der Waals surface area contributed by atoms with Crippen molar-refractivity contribution < 1.29 is 14.6 Å². The number of unbranched alkanes of at least 4 members (excludes halogenated alkanes) is 1. The fourth-order valence-corrected chi connectivity index (χ4v) is 0.406. The van der Waals surface area contributed by atoms with Crippen LogP contribution in [0.2, 0.25) is 0 Å². The smallest absolute Gasteiger partial charge is 0.329 e. The standard InChI is InChI=1S/C6H12O3.Ca/c1-2-3-4-9-5-6(7)8;/h2-5H2,1H3,(H,7,8);. The molecule has 0 heterocycles. The van der Waals surface area contributed by atoms with E-state index in [1.54, 1.807) is 0 Å². The molecule has 0 aliphatic heterocycles. The molecule has 0 aromatic carbocycles. The van der Waals surface area contributed by atoms with Gasteiger partial charge >= 0.3 is 5.97 Å². The molecule has 2 radical (unpaired) electrons. The summed E-state index contributed by atoms with van der Waals surface area (Å²) < 4.78 is 4.74. The van der Waals surface area contributed by atoms with E-state index < -0.39 is 5.97 Å². The topological polar surface area (TPSA) is 46.5 Å². The maximum Gasteiger partial charge on any atom is 0.329 e. The van der Waals surface area contributed by atoms with Crippen LogP contribution in [0, 0.1) is 0 Å². The van der Waals surface area contributed by atoms with Crippen molar-refractivity contribution in [3.05, 3.63) is 0 Å². The minimum atomic E-state index is -0.897. The van der Waals surface area contributed by atoms with Crippen LogP contribution in [-0.4, -0.2) is 62.0 Å². The van der Waals surface area contributed by atoms with E-state index in [4.69, 9.17) is 9.84 Å². The predicted octanol–water partition coefficient (Wildman–Crippen LogP) is 0.507. The SMILES string of the molecule is CCCCOCC(=O)O.[Ca]. The third-order valence-electron chi connectivity index (χ3n) is 0.868. The number of hydrogen-bond donors (Lipinski definition) is 1. The molecule has 0 aromatic heterocycles. The van der Waals surface area contributed by atoms with Crippen LogP contribution in [0.25, 0.3) is 0 Å². The van der Waals surface area contributed by atoms with E-state index in [0.29, 0.717) is 6.61 Å². The van der Waals surface area contributed by atoms with Gasteiger partial charge in [-0.25, -0.2) is 4.79 Å². The number of carboxylic acids is 1. The maximum atomic E-state index is 9.84. The van der Waals surface area contributed by atoms with Crippen molar-refractivity contribution in [3.8, 4) is 0 Å². The van der Waals surface area contributed by atoms with Gasteiger partial charge in [0.15, 0.2) is 0 Å². The molecule has 56 valence electrons. The van der Waals surface area contributed by atoms with Gasteiger partial charge in [-0.15, -0.1) is 0 Å². The summed E-state index contributed by atoms with van der Waals surface area (Å²) in [6.07, 6.45) is 1.98. The first kappa shape index (κ1) is 13.3. The Morgan fingerprint density at radius 3 is 2.60 bits per heavy atom. The average Bonchev–Trinajstić information content (AvgIpc) is 1.80. The van der Waals surface area contributed by atoms with Crippen LogP contribution in [0.4, 0.5) is 0 Å². The molecule has 0 aliphatic rings. The zero-order valence-electron chi connectivity index (χ0n) is 6.30. The summed E-state index contributed by atoms with van der Waals surface area (Å²) in [4.78, 5) is 9.84. The molecule has 0 amide bonds. The number of carboxylic acid groups (broad SMARTS) is 1. The van der Waals surface area contributed by atoms with Gasteiger partial charge in [-0.3, -0.25) is 0 Å². The summed E-state index contributed by atoms with van der Waals surface area (Å²) in [5, 5.41) is 8.09. The van der Waals surface area contributed by atoms with Crippen LogP contribution in [0.5, 0.6) is 0 Å². The van der Waals surface area contributed by atoms with Gasteiger partial charge in [0.25, 0.3) is 0 Å². The number of rotatable bonds is 5. The molecule has 10 heavy (non-hydrogen) atoms. The van der Waals surface area contributed by atoms with Crippen molar-refractivity contribution in [2.75, 3.05) is 13.2 Å². The predicted molar refractivity (Wildman–Crippen MR) is 39.1 cm³/mol. The Balaban J connectivity index is 0. The van der Waals surface area contributed by atoms with Crippen LogP contribution >= 0.6 is 0 Å². The van der Waals surface area contributed by atoms with E-state index in [1.807, 2.05) is 6.92 Å². The Morgan fingerprint density at radius 2 is 2.20 bits per heavy atom. The molecule has 0 spiro atoms. The van der Waals surface area contributed by atoms with Gasteiger partial charge in [0.1, 0.15) is 6.61 Å². The molecule has 0 saturated heterocycles. The summed E-state index contributed by atoms with van der Waals surface area (Å²) >= 11 is 0. The molecule has 3 nitrogen and oxygen atoms in total. The summed E-state index contributed by atoms with van der Waals surface area (Å²) in [6, 6.07) is 0. The molecule has 0 atom stereocenters.